The average molecular weight is 326 g/mol. The molecule has 0 aliphatic heterocycles. The molecule has 0 aliphatic carbocycles. The van der Waals surface area contributed by atoms with Crippen molar-refractivity contribution >= 4 is 16.9 Å². The van der Waals surface area contributed by atoms with E-state index in [2.05, 4.69) is 0 Å². The Morgan fingerprint density at radius 1 is 1.19 bits per heavy atom. The molecule has 1 aromatic rings. The molecule has 0 N–H and O–H groups in total. The molecule has 1 nitrogen and oxygen atoms in total. The van der Waals surface area contributed by atoms with Crippen molar-refractivity contribution in [3.8, 4) is 0 Å². The molecule has 0 aromatic heterocycles. The van der Waals surface area contributed by atoms with E-state index in [0.717, 1.165) is 11.8 Å². The van der Waals surface area contributed by atoms with E-state index in [1.165, 1.54) is 0 Å². The van der Waals surface area contributed by atoms with Crippen LogP contribution in [0.25, 0.3) is 0 Å². The number of thioether (sulfide) groups is 1. The molecule has 21 heavy (non-hydrogen) atoms. The zero-order valence-electron chi connectivity index (χ0n) is 11.2. The Kier molecular flexibility index (Phi) is 6.64. The molecular weight excluding hydrogens is 311 g/mol. The Balaban J connectivity index is 2.40. The summed E-state index contributed by atoms with van der Waals surface area (Å²) in [6, 6.07) is 8.16. The molecule has 0 radical (unpaired) electrons. The number of carbonyl (C=O) groups is 1. The van der Waals surface area contributed by atoms with Crippen LogP contribution in [0, 0.1) is 0 Å². The van der Waals surface area contributed by atoms with Gasteiger partial charge in [0.25, 0.3) is 5.92 Å². The summed E-state index contributed by atoms with van der Waals surface area (Å²) in [6.45, 7) is 0.199. The van der Waals surface area contributed by atoms with Gasteiger partial charge >= 0.3 is 0 Å². The molecule has 0 heterocycles. The second-order valence-electron chi connectivity index (χ2n) is 4.61. The predicted octanol–water partition coefficient (Wildman–Crippen LogP) is 4.62. The van der Waals surface area contributed by atoms with Crippen LogP contribution in [0.5, 0.6) is 0 Å². The molecule has 0 aliphatic rings. The Morgan fingerprint density at radius 2 is 1.76 bits per heavy atom. The van der Waals surface area contributed by atoms with Crippen molar-refractivity contribution in [2.24, 2.45) is 0 Å². The molecule has 0 fully saturated rings. The maximum atomic E-state index is 13.4. The molecule has 3 atom stereocenters. The smallest absolute Gasteiger partial charge is 0.278 e. The summed E-state index contributed by atoms with van der Waals surface area (Å²) >= 11 is 0.739. The van der Waals surface area contributed by atoms with E-state index in [9.17, 15) is 26.7 Å². The fraction of sp³-hybridized carbons (Fsp3) is 0.500. The average Bonchev–Trinajstić information content (AvgIpc) is 2.45. The van der Waals surface area contributed by atoms with Crippen LogP contribution in [-0.4, -0.2) is 35.3 Å². The quantitative estimate of drug-likeness (QED) is 0.680. The Morgan fingerprint density at radius 3 is 2.29 bits per heavy atom. The summed E-state index contributed by atoms with van der Waals surface area (Å²) in [6.07, 6.45) is -8.98. The van der Waals surface area contributed by atoms with Crippen LogP contribution in [0.3, 0.4) is 0 Å². The number of alkyl halides is 5. The van der Waals surface area contributed by atoms with Gasteiger partial charge < -0.3 is 0 Å². The lowest BCUT2D eigenvalue weighted by Crippen LogP contribution is -2.40. The number of rotatable bonds is 7. The second-order valence-corrected chi connectivity index (χ2v) is 5.68. The molecule has 1 rings (SSSR count). The first-order valence-corrected chi connectivity index (χ1v) is 7.24. The highest BCUT2D eigenvalue weighted by Gasteiger charge is 2.44. The SMILES string of the molecule is CC(F)(F)C(F)C(F)C(F)CCSC(=O)c1ccccc1. The summed E-state index contributed by atoms with van der Waals surface area (Å²) in [4.78, 5) is 11.6. The van der Waals surface area contributed by atoms with E-state index in [1.54, 1.807) is 30.3 Å². The van der Waals surface area contributed by atoms with Gasteiger partial charge in [0.15, 0.2) is 12.3 Å². The molecule has 1 aromatic carbocycles. The molecule has 0 saturated carbocycles. The summed E-state index contributed by atoms with van der Waals surface area (Å²) in [5.41, 5.74) is 0.401. The van der Waals surface area contributed by atoms with E-state index < -0.39 is 30.9 Å². The molecule has 0 saturated heterocycles. The molecule has 0 bridgehead atoms. The van der Waals surface area contributed by atoms with Crippen molar-refractivity contribution in [2.45, 2.75) is 37.8 Å². The zero-order chi connectivity index (χ0) is 16.0. The summed E-state index contributed by atoms with van der Waals surface area (Å²) < 4.78 is 64.6. The number of benzene rings is 1. The van der Waals surface area contributed by atoms with E-state index in [0.29, 0.717) is 5.56 Å². The fourth-order valence-corrected chi connectivity index (χ4v) is 2.38. The van der Waals surface area contributed by atoms with Gasteiger partial charge in [-0.05, 0) is 6.42 Å². The molecular formula is C14H15F5OS. The first kappa shape index (κ1) is 17.9. The molecule has 7 heteroatoms. The van der Waals surface area contributed by atoms with Gasteiger partial charge in [0, 0.05) is 18.2 Å². The number of hydrogen-bond donors (Lipinski definition) is 0. The monoisotopic (exact) mass is 326 g/mol. The highest BCUT2D eigenvalue weighted by atomic mass is 32.2. The Labute approximate surface area is 123 Å². The van der Waals surface area contributed by atoms with Crippen molar-refractivity contribution in [3.05, 3.63) is 35.9 Å². The molecule has 118 valence electrons. The zero-order valence-corrected chi connectivity index (χ0v) is 12.1. The lowest BCUT2D eigenvalue weighted by atomic mass is 10.1. The van der Waals surface area contributed by atoms with E-state index in [-0.39, 0.29) is 17.8 Å². The van der Waals surface area contributed by atoms with Crippen LogP contribution in [-0.2, 0) is 0 Å². The van der Waals surface area contributed by atoms with Crippen LogP contribution in [0.4, 0.5) is 22.0 Å². The first-order valence-electron chi connectivity index (χ1n) is 6.25. The maximum Gasteiger partial charge on any atom is 0.278 e. The molecule has 3 unspecified atom stereocenters. The van der Waals surface area contributed by atoms with Crippen LogP contribution in [0.1, 0.15) is 23.7 Å². The summed E-state index contributed by atoms with van der Waals surface area (Å²) in [5.74, 6) is -4.05. The lowest BCUT2D eigenvalue weighted by Gasteiger charge is -2.21. The van der Waals surface area contributed by atoms with Crippen LogP contribution in [0.2, 0.25) is 0 Å². The number of hydrogen-bond acceptors (Lipinski definition) is 2. The highest BCUT2D eigenvalue weighted by Crippen LogP contribution is 2.29. The topological polar surface area (TPSA) is 17.1 Å². The van der Waals surface area contributed by atoms with Gasteiger partial charge in [0.1, 0.15) is 6.17 Å². The van der Waals surface area contributed by atoms with Gasteiger partial charge in [-0.1, -0.05) is 42.1 Å². The predicted molar refractivity (Wildman–Crippen MR) is 73.2 cm³/mol. The van der Waals surface area contributed by atoms with Crippen molar-refractivity contribution < 1.29 is 26.7 Å². The standard InChI is InChI=1S/C14H15F5OS/c1-14(18,19)12(17)11(16)10(15)7-8-21-13(20)9-5-3-2-4-6-9/h2-6,10-12H,7-8H2,1H3. The minimum atomic E-state index is -3.93. The number of halogens is 5. The van der Waals surface area contributed by atoms with Crippen LogP contribution < -0.4 is 0 Å². The first-order chi connectivity index (χ1) is 9.73. The minimum absolute atomic E-state index is 0.114. The molecule has 0 spiro atoms. The highest BCUT2D eigenvalue weighted by molar-refractivity contribution is 8.14. The third kappa shape index (κ3) is 5.65. The second kappa shape index (κ2) is 7.77. The maximum absolute atomic E-state index is 13.4. The van der Waals surface area contributed by atoms with E-state index >= 15 is 0 Å². The van der Waals surface area contributed by atoms with Gasteiger partial charge in [-0.3, -0.25) is 4.79 Å². The van der Waals surface area contributed by atoms with Gasteiger partial charge in [-0.15, -0.1) is 0 Å². The van der Waals surface area contributed by atoms with Crippen molar-refractivity contribution in [3.63, 3.8) is 0 Å². The van der Waals surface area contributed by atoms with E-state index in [4.69, 9.17) is 0 Å². The van der Waals surface area contributed by atoms with Gasteiger partial charge in [-0.2, -0.15) is 0 Å². The van der Waals surface area contributed by atoms with Gasteiger partial charge in [0.05, 0.1) is 0 Å². The fourth-order valence-electron chi connectivity index (χ4n) is 1.54. The molecule has 0 amide bonds. The third-order valence-electron chi connectivity index (χ3n) is 2.75. The normalized spacial score (nSPS) is 16.3. The van der Waals surface area contributed by atoms with Crippen molar-refractivity contribution in [1.82, 2.24) is 0 Å². The summed E-state index contributed by atoms with van der Waals surface area (Å²) in [7, 11) is 0. The Bertz CT molecular complexity index is 448. The van der Waals surface area contributed by atoms with Crippen LogP contribution >= 0.6 is 11.8 Å². The Hall–Kier alpha value is -1.11. The van der Waals surface area contributed by atoms with Crippen molar-refractivity contribution in [1.29, 1.82) is 0 Å². The summed E-state index contributed by atoms with van der Waals surface area (Å²) in [5, 5.41) is -0.337. The van der Waals surface area contributed by atoms with E-state index in [1.807, 2.05) is 0 Å². The minimum Gasteiger partial charge on any atom is -0.282 e. The van der Waals surface area contributed by atoms with Crippen LogP contribution in [0.15, 0.2) is 30.3 Å². The number of carbonyl (C=O) groups excluding carboxylic acids is 1. The lowest BCUT2D eigenvalue weighted by molar-refractivity contribution is -0.0981. The largest absolute Gasteiger partial charge is 0.282 e. The van der Waals surface area contributed by atoms with Gasteiger partial charge in [0.2, 0.25) is 5.12 Å². The van der Waals surface area contributed by atoms with Gasteiger partial charge in [-0.25, -0.2) is 22.0 Å². The van der Waals surface area contributed by atoms with Crippen molar-refractivity contribution in [2.75, 3.05) is 5.75 Å². The third-order valence-corrected chi connectivity index (χ3v) is 3.68.